The predicted molar refractivity (Wildman–Crippen MR) is 143 cm³/mol. The first-order chi connectivity index (χ1) is 16.6. The number of aryl methyl sites for hydroxylation is 1. The van der Waals surface area contributed by atoms with Gasteiger partial charge in [0.25, 0.3) is 5.91 Å². The molecule has 5 nitrogen and oxygen atoms in total. The lowest BCUT2D eigenvalue weighted by atomic mass is 10.0. The molecule has 0 radical (unpaired) electrons. The molecule has 0 saturated heterocycles. The molecule has 6 heteroatoms. The summed E-state index contributed by atoms with van der Waals surface area (Å²) in [7, 11) is 0. The Hall–Kier alpha value is -3.12. The Morgan fingerprint density at radius 1 is 0.914 bits per heavy atom. The molecule has 0 fully saturated rings. The Bertz CT molecular complexity index is 1120. The third-order valence-corrected chi connectivity index (χ3v) is 6.01. The van der Waals surface area contributed by atoms with Crippen molar-refractivity contribution in [3.8, 4) is 5.75 Å². The smallest absolute Gasteiger partial charge is 0.261 e. The van der Waals surface area contributed by atoms with Gasteiger partial charge in [-0.2, -0.15) is 0 Å². The maximum Gasteiger partial charge on any atom is 0.261 e. The summed E-state index contributed by atoms with van der Waals surface area (Å²) in [5.74, 6) is 0.215. The molecule has 0 heterocycles. The topological polar surface area (TPSA) is 58.6 Å². The first kappa shape index (κ1) is 26.5. The van der Waals surface area contributed by atoms with E-state index in [9.17, 15) is 9.59 Å². The van der Waals surface area contributed by atoms with Gasteiger partial charge in [-0.05, 0) is 62.6 Å². The Kier molecular flexibility index (Phi) is 9.10. The lowest BCUT2D eigenvalue weighted by Crippen LogP contribution is -2.55. The van der Waals surface area contributed by atoms with E-state index >= 15 is 0 Å². The lowest BCUT2D eigenvalue weighted by molar-refractivity contribution is -0.143. The highest BCUT2D eigenvalue weighted by Crippen LogP contribution is 2.20. The van der Waals surface area contributed by atoms with Crippen LogP contribution >= 0.6 is 15.9 Å². The number of nitrogens with one attached hydrogen (secondary N) is 1. The highest BCUT2D eigenvalue weighted by Gasteiger charge is 2.32. The first-order valence-electron chi connectivity index (χ1n) is 11.7. The van der Waals surface area contributed by atoms with E-state index < -0.39 is 11.6 Å². The normalized spacial score (nSPS) is 12.0. The number of hydrogen-bond donors (Lipinski definition) is 1. The number of benzene rings is 3. The van der Waals surface area contributed by atoms with Crippen molar-refractivity contribution in [1.82, 2.24) is 10.2 Å². The van der Waals surface area contributed by atoms with E-state index in [1.54, 1.807) is 4.90 Å². The summed E-state index contributed by atoms with van der Waals surface area (Å²) in [6.45, 7) is 7.88. The highest BCUT2D eigenvalue weighted by atomic mass is 79.9. The fourth-order valence-electron chi connectivity index (χ4n) is 3.73. The first-order valence-corrected chi connectivity index (χ1v) is 12.5. The molecule has 0 aliphatic carbocycles. The van der Waals surface area contributed by atoms with E-state index in [0.29, 0.717) is 12.2 Å². The van der Waals surface area contributed by atoms with Crippen LogP contribution in [0.2, 0.25) is 0 Å². The number of amides is 2. The minimum atomic E-state index is -0.701. The standard InChI is InChI=1S/C29H33BrN2O3/c1-21-10-8-9-13-26(21)35-20-27(33)32(19-23-14-16-24(30)17-15-23)25(28(34)31-29(2,3)4)18-22-11-6-5-7-12-22/h5-17,25H,18-20H2,1-4H3,(H,31,34). The van der Waals surface area contributed by atoms with Gasteiger partial charge in [0, 0.05) is 23.0 Å². The summed E-state index contributed by atoms with van der Waals surface area (Å²) in [6.07, 6.45) is 0.398. The van der Waals surface area contributed by atoms with Gasteiger partial charge in [-0.25, -0.2) is 0 Å². The van der Waals surface area contributed by atoms with Gasteiger partial charge in [-0.15, -0.1) is 0 Å². The summed E-state index contributed by atoms with van der Waals surface area (Å²) in [5.41, 5.74) is 2.43. The van der Waals surface area contributed by atoms with Crippen LogP contribution in [0.3, 0.4) is 0 Å². The van der Waals surface area contributed by atoms with Gasteiger partial charge in [0.15, 0.2) is 6.61 Å². The zero-order valence-electron chi connectivity index (χ0n) is 20.8. The van der Waals surface area contributed by atoms with Crippen molar-refractivity contribution in [2.75, 3.05) is 6.61 Å². The van der Waals surface area contributed by atoms with Crippen LogP contribution in [0.5, 0.6) is 5.75 Å². The van der Waals surface area contributed by atoms with E-state index in [0.717, 1.165) is 21.2 Å². The minimum absolute atomic E-state index is 0.157. The molecular formula is C29H33BrN2O3. The van der Waals surface area contributed by atoms with Crippen LogP contribution in [0, 0.1) is 6.92 Å². The summed E-state index contributed by atoms with van der Waals surface area (Å²) >= 11 is 3.46. The molecule has 1 N–H and O–H groups in total. The molecule has 0 aliphatic heterocycles. The summed E-state index contributed by atoms with van der Waals surface area (Å²) in [4.78, 5) is 28.8. The molecule has 184 valence electrons. The van der Waals surface area contributed by atoms with Gasteiger partial charge < -0.3 is 15.0 Å². The second-order valence-corrected chi connectivity index (χ2v) is 10.6. The van der Waals surface area contributed by atoms with Gasteiger partial charge in [0.2, 0.25) is 5.91 Å². The monoisotopic (exact) mass is 536 g/mol. The number of carbonyl (C=O) groups is 2. The van der Waals surface area contributed by atoms with Crippen LogP contribution in [-0.4, -0.2) is 34.9 Å². The van der Waals surface area contributed by atoms with Crippen molar-refractivity contribution in [1.29, 1.82) is 0 Å². The molecule has 35 heavy (non-hydrogen) atoms. The lowest BCUT2D eigenvalue weighted by Gasteiger charge is -2.33. The van der Waals surface area contributed by atoms with E-state index in [1.165, 1.54) is 0 Å². The second kappa shape index (κ2) is 12.0. The van der Waals surface area contributed by atoms with Crippen molar-refractivity contribution in [2.45, 2.75) is 52.2 Å². The molecule has 0 bridgehead atoms. The van der Waals surface area contributed by atoms with Crippen LogP contribution in [0.15, 0.2) is 83.3 Å². The average Bonchev–Trinajstić information content (AvgIpc) is 2.81. The summed E-state index contributed by atoms with van der Waals surface area (Å²) < 4.78 is 6.84. The zero-order valence-corrected chi connectivity index (χ0v) is 22.3. The Morgan fingerprint density at radius 3 is 2.17 bits per heavy atom. The molecule has 0 aromatic heterocycles. The molecule has 3 rings (SSSR count). The van der Waals surface area contributed by atoms with E-state index in [4.69, 9.17) is 4.74 Å². The maximum absolute atomic E-state index is 13.6. The number of para-hydroxylation sites is 1. The molecule has 0 spiro atoms. The van der Waals surface area contributed by atoms with Gasteiger partial charge in [0.1, 0.15) is 11.8 Å². The van der Waals surface area contributed by atoms with Crippen LogP contribution in [0.1, 0.15) is 37.5 Å². The minimum Gasteiger partial charge on any atom is -0.484 e. The fraction of sp³-hybridized carbons (Fsp3) is 0.310. The second-order valence-electron chi connectivity index (χ2n) is 9.65. The molecule has 2 amide bonds. The summed E-state index contributed by atoms with van der Waals surface area (Å²) in [5, 5.41) is 3.07. The molecular weight excluding hydrogens is 504 g/mol. The van der Waals surface area contributed by atoms with Crippen molar-refractivity contribution in [2.24, 2.45) is 0 Å². The van der Waals surface area contributed by atoms with E-state index in [1.807, 2.05) is 107 Å². The molecule has 3 aromatic carbocycles. The van der Waals surface area contributed by atoms with Gasteiger partial charge in [-0.3, -0.25) is 9.59 Å². The van der Waals surface area contributed by atoms with Gasteiger partial charge in [-0.1, -0.05) is 76.6 Å². The Labute approximate surface area is 216 Å². The Balaban J connectivity index is 1.93. The third kappa shape index (κ3) is 8.25. The quantitative estimate of drug-likeness (QED) is 0.382. The van der Waals surface area contributed by atoms with Crippen LogP contribution < -0.4 is 10.1 Å². The zero-order chi connectivity index (χ0) is 25.4. The largest absolute Gasteiger partial charge is 0.484 e. The number of carbonyl (C=O) groups excluding carboxylic acids is 2. The van der Waals surface area contributed by atoms with Crippen LogP contribution in [0.4, 0.5) is 0 Å². The van der Waals surface area contributed by atoms with Gasteiger partial charge in [0.05, 0.1) is 0 Å². The van der Waals surface area contributed by atoms with Crippen molar-refractivity contribution in [3.63, 3.8) is 0 Å². The summed E-state index contributed by atoms with van der Waals surface area (Å²) in [6, 6.07) is 24.4. The number of hydrogen-bond acceptors (Lipinski definition) is 3. The van der Waals surface area contributed by atoms with Crippen LogP contribution in [0.25, 0.3) is 0 Å². The predicted octanol–water partition coefficient (Wildman–Crippen LogP) is 5.69. The molecule has 1 unspecified atom stereocenters. The van der Waals surface area contributed by atoms with Crippen molar-refractivity contribution >= 4 is 27.7 Å². The maximum atomic E-state index is 13.6. The highest BCUT2D eigenvalue weighted by molar-refractivity contribution is 9.10. The number of nitrogens with zero attached hydrogens (tertiary/aromatic N) is 1. The molecule has 1 atom stereocenters. The average molecular weight is 537 g/mol. The van der Waals surface area contributed by atoms with E-state index in [2.05, 4.69) is 21.2 Å². The number of rotatable bonds is 9. The van der Waals surface area contributed by atoms with E-state index in [-0.39, 0.29) is 25.0 Å². The van der Waals surface area contributed by atoms with Crippen LogP contribution in [-0.2, 0) is 22.6 Å². The number of halogens is 1. The SMILES string of the molecule is Cc1ccccc1OCC(=O)N(Cc1ccc(Br)cc1)C(Cc1ccccc1)C(=O)NC(C)(C)C. The molecule has 3 aromatic rings. The molecule has 0 aliphatic rings. The third-order valence-electron chi connectivity index (χ3n) is 5.48. The molecule has 0 saturated carbocycles. The van der Waals surface area contributed by atoms with Crippen molar-refractivity contribution < 1.29 is 14.3 Å². The fourth-order valence-corrected chi connectivity index (χ4v) is 4.00. The van der Waals surface area contributed by atoms with Crippen molar-refractivity contribution in [3.05, 3.63) is 100 Å². The Morgan fingerprint density at radius 2 is 1.54 bits per heavy atom. The number of ether oxygens (including phenoxy) is 1. The van der Waals surface area contributed by atoms with Gasteiger partial charge >= 0.3 is 0 Å².